The Labute approximate surface area is 317 Å². The number of carbonyl (C=O) groups excluding carboxylic acids is 1. The molecule has 57 heavy (non-hydrogen) atoms. The lowest BCUT2D eigenvalue weighted by Gasteiger charge is -2.28. The van der Waals surface area contributed by atoms with Gasteiger partial charge in [0, 0.05) is 50.0 Å². The number of amides is 1. The average molecular weight is 815 g/mol. The van der Waals surface area contributed by atoms with Crippen LogP contribution in [0.5, 0.6) is 23.0 Å². The lowest BCUT2D eigenvalue weighted by atomic mass is 10.2. The molecule has 4 aromatic heterocycles. The second-order valence-electron chi connectivity index (χ2n) is 13.1. The van der Waals surface area contributed by atoms with Crippen LogP contribution in [0.3, 0.4) is 0 Å². The maximum atomic E-state index is 14.0. The van der Waals surface area contributed by atoms with Crippen LogP contribution in [0.4, 0.5) is 60.1 Å². The van der Waals surface area contributed by atoms with E-state index in [0.29, 0.717) is 5.65 Å². The van der Waals surface area contributed by atoms with Crippen LogP contribution in [-0.4, -0.2) is 55.9 Å². The van der Waals surface area contributed by atoms with Crippen LogP contribution < -0.4 is 19.7 Å². The van der Waals surface area contributed by atoms with E-state index in [2.05, 4.69) is 15.3 Å². The van der Waals surface area contributed by atoms with E-state index in [4.69, 9.17) is 14.2 Å². The van der Waals surface area contributed by atoms with E-state index in [1.807, 2.05) is 0 Å². The zero-order valence-electron chi connectivity index (χ0n) is 30.1. The molecule has 0 aliphatic rings. The van der Waals surface area contributed by atoms with Crippen LogP contribution in [0.2, 0.25) is 0 Å². The summed E-state index contributed by atoms with van der Waals surface area (Å²) in [6.07, 6.45) is -3.52. The van der Waals surface area contributed by atoms with Crippen molar-refractivity contribution in [2.45, 2.75) is 51.6 Å². The number of hydrogen-bond donors (Lipinski definition) is 1. The van der Waals surface area contributed by atoms with Crippen molar-refractivity contribution in [3.05, 3.63) is 109 Å². The Morgan fingerprint density at radius 3 is 1.77 bits per heavy atom. The Morgan fingerprint density at radius 1 is 0.737 bits per heavy atom. The minimum atomic E-state index is -4.54. The van der Waals surface area contributed by atoms with E-state index in [9.17, 15) is 48.7 Å². The van der Waals surface area contributed by atoms with Gasteiger partial charge in [0.25, 0.3) is 0 Å². The van der Waals surface area contributed by atoms with Crippen LogP contribution in [-0.2, 0) is 4.74 Å². The Bertz CT molecular complexity index is 2340. The van der Waals surface area contributed by atoms with Gasteiger partial charge in [0.1, 0.15) is 17.1 Å². The summed E-state index contributed by atoms with van der Waals surface area (Å²) >= 11 is 0. The van der Waals surface area contributed by atoms with Crippen molar-refractivity contribution >= 4 is 28.8 Å². The highest BCUT2D eigenvalue weighted by molar-refractivity contribution is 5.93. The van der Waals surface area contributed by atoms with E-state index in [0.717, 1.165) is 17.0 Å². The summed E-state index contributed by atoms with van der Waals surface area (Å²) in [6, 6.07) is 9.40. The fourth-order valence-electron chi connectivity index (χ4n) is 5.02. The van der Waals surface area contributed by atoms with Gasteiger partial charge in [-0.1, -0.05) is 12.1 Å². The topological polar surface area (TPSA) is 94.6 Å². The molecule has 1 amide bonds. The van der Waals surface area contributed by atoms with Gasteiger partial charge in [-0.3, -0.25) is 4.90 Å². The Kier molecular flexibility index (Phi) is 12.4. The largest absolute Gasteiger partial charge is 0.453 e. The summed E-state index contributed by atoms with van der Waals surface area (Å²) in [4.78, 5) is 21.7. The number of imidazole rings is 2. The number of ether oxygens (including phenoxy) is 3. The van der Waals surface area contributed by atoms with Crippen LogP contribution in [0.1, 0.15) is 33.6 Å². The number of aromatic nitrogens is 4. The molecule has 0 spiro atoms. The molecule has 0 atom stereocenters. The molecule has 6 rings (SSSR count). The zero-order valence-corrected chi connectivity index (χ0v) is 30.1. The van der Waals surface area contributed by atoms with Gasteiger partial charge < -0.3 is 28.3 Å². The quantitative estimate of drug-likeness (QED) is 0.138. The second kappa shape index (κ2) is 16.9. The predicted octanol–water partition coefficient (Wildman–Crippen LogP) is 10.9. The molecule has 6 aromatic rings. The number of pyridine rings is 2. The first kappa shape index (κ1) is 41.9. The Morgan fingerprint density at radius 2 is 1.25 bits per heavy atom. The lowest BCUT2D eigenvalue weighted by Crippen LogP contribution is -2.39. The van der Waals surface area contributed by atoms with Gasteiger partial charge in [0.15, 0.2) is 34.4 Å². The standard InChI is InChI=1S/C21H20F5N3O3.C16H12F5N3O/c1-20(2,3)32-19(30)29(9-7-21(24,25)26)15-11-13(12-28-10-8-27-18(15)28)31-16-6-4-5-14(22)17(16)23;17-11-2-1-3-13(14(11)18)25-10-8-12(22-5-4-16(19,20)21)15-23-6-7-24(15)9-10/h4-6,8,10-12H,7,9H2,1-3H3;1-3,6-9,22H,4-5H2. The minimum Gasteiger partial charge on any atom is -0.453 e. The smallest absolute Gasteiger partial charge is 0.414 e. The number of alkyl halides is 6. The molecule has 0 saturated heterocycles. The third-order valence-electron chi connectivity index (χ3n) is 7.44. The molecular formula is C37H32F10N6O4. The summed E-state index contributed by atoms with van der Waals surface area (Å²) in [5, 5.41) is 2.63. The predicted molar refractivity (Wildman–Crippen MR) is 187 cm³/mol. The van der Waals surface area contributed by atoms with Gasteiger partial charge in [0.05, 0.1) is 36.6 Å². The van der Waals surface area contributed by atoms with Crippen LogP contribution >= 0.6 is 0 Å². The fourth-order valence-corrected chi connectivity index (χ4v) is 5.02. The van der Waals surface area contributed by atoms with Gasteiger partial charge in [-0.25, -0.2) is 23.5 Å². The molecule has 0 unspecified atom stereocenters. The van der Waals surface area contributed by atoms with Gasteiger partial charge in [-0.15, -0.1) is 0 Å². The average Bonchev–Trinajstić information content (AvgIpc) is 3.78. The number of carbonyl (C=O) groups is 1. The summed E-state index contributed by atoms with van der Waals surface area (Å²) in [6.45, 7) is 3.61. The maximum absolute atomic E-state index is 14.0. The number of benzene rings is 2. The van der Waals surface area contributed by atoms with Gasteiger partial charge in [0.2, 0.25) is 11.6 Å². The molecule has 1 N–H and O–H groups in total. The van der Waals surface area contributed by atoms with Crippen molar-refractivity contribution < 1.29 is 62.9 Å². The summed E-state index contributed by atoms with van der Waals surface area (Å²) < 4.78 is 149. The van der Waals surface area contributed by atoms with Crippen LogP contribution in [0, 0.1) is 23.3 Å². The Hall–Kier alpha value is -6.21. The first-order valence-electron chi connectivity index (χ1n) is 16.7. The molecule has 0 radical (unpaired) electrons. The molecule has 304 valence electrons. The zero-order chi connectivity index (χ0) is 41.7. The van der Waals surface area contributed by atoms with Crippen molar-refractivity contribution in [3.8, 4) is 23.0 Å². The highest BCUT2D eigenvalue weighted by atomic mass is 19.4. The van der Waals surface area contributed by atoms with E-state index in [-0.39, 0.29) is 40.8 Å². The van der Waals surface area contributed by atoms with Crippen LogP contribution in [0.25, 0.3) is 11.3 Å². The number of hydrogen-bond acceptors (Lipinski definition) is 7. The number of nitrogens with zero attached hydrogens (tertiary/aromatic N) is 5. The van der Waals surface area contributed by atoms with E-state index in [1.165, 1.54) is 76.2 Å². The molecule has 2 aromatic carbocycles. The summed E-state index contributed by atoms with van der Waals surface area (Å²) in [5.41, 5.74) is -0.219. The Balaban J connectivity index is 0.000000224. The van der Waals surface area contributed by atoms with Crippen molar-refractivity contribution in [1.82, 2.24) is 18.8 Å². The number of halogens is 10. The first-order chi connectivity index (χ1) is 26.7. The normalized spacial score (nSPS) is 11.9. The van der Waals surface area contributed by atoms with Crippen molar-refractivity contribution in [2.24, 2.45) is 0 Å². The van der Waals surface area contributed by atoms with E-state index in [1.54, 1.807) is 27.0 Å². The SMILES string of the molecule is CC(C)(C)OC(=O)N(CCC(F)(F)F)c1cc(Oc2cccc(F)c2F)cn2ccnc12.Fc1cccc(Oc2cc(NCCC(F)(F)F)c3nccn3c2)c1F. The maximum Gasteiger partial charge on any atom is 0.414 e. The lowest BCUT2D eigenvalue weighted by molar-refractivity contribution is -0.132. The summed E-state index contributed by atoms with van der Waals surface area (Å²) in [5.74, 6) is -5.30. The van der Waals surface area contributed by atoms with Crippen molar-refractivity contribution in [1.29, 1.82) is 0 Å². The monoisotopic (exact) mass is 814 g/mol. The molecule has 0 aliphatic heterocycles. The van der Waals surface area contributed by atoms with Gasteiger partial charge >= 0.3 is 18.4 Å². The molecule has 0 aliphatic carbocycles. The number of fused-ring (bicyclic) bond motifs is 2. The molecule has 0 bridgehead atoms. The van der Waals surface area contributed by atoms with Gasteiger partial charge in [-0.05, 0) is 45.0 Å². The molecule has 20 heteroatoms. The highest BCUT2D eigenvalue weighted by Gasteiger charge is 2.33. The third kappa shape index (κ3) is 11.4. The summed E-state index contributed by atoms with van der Waals surface area (Å²) in [7, 11) is 0. The van der Waals surface area contributed by atoms with E-state index < -0.39 is 72.5 Å². The third-order valence-corrected chi connectivity index (χ3v) is 7.44. The molecule has 10 nitrogen and oxygen atoms in total. The van der Waals surface area contributed by atoms with Gasteiger partial charge in [-0.2, -0.15) is 35.1 Å². The van der Waals surface area contributed by atoms with Crippen molar-refractivity contribution in [3.63, 3.8) is 0 Å². The minimum absolute atomic E-state index is 0.0530. The molecule has 4 heterocycles. The van der Waals surface area contributed by atoms with Crippen LogP contribution in [0.15, 0.2) is 85.7 Å². The fraction of sp³-hybridized carbons (Fsp3) is 0.270. The highest BCUT2D eigenvalue weighted by Crippen LogP contribution is 2.34. The van der Waals surface area contributed by atoms with E-state index >= 15 is 0 Å². The first-order valence-corrected chi connectivity index (χ1v) is 16.7. The number of nitrogens with one attached hydrogen (secondary N) is 1. The second-order valence-corrected chi connectivity index (χ2v) is 13.1. The molecule has 0 saturated carbocycles. The number of anilines is 2. The number of rotatable bonds is 10. The van der Waals surface area contributed by atoms with Crippen molar-refractivity contribution in [2.75, 3.05) is 23.3 Å². The molecular weight excluding hydrogens is 782 g/mol. The molecule has 0 fully saturated rings.